The van der Waals surface area contributed by atoms with Crippen LogP contribution in [-0.4, -0.2) is 36.6 Å². The predicted molar refractivity (Wildman–Crippen MR) is 60.5 cm³/mol. The first kappa shape index (κ1) is 10.4. The van der Waals surface area contributed by atoms with E-state index in [1.165, 1.54) is 45.3 Å². The van der Waals surface area contributed by atoms with Gasteiger partial charge in [-0.2, -0.15) is 0 Å². The molecule has 1 N–H and O–H groups in total. The number of nitrogens with one attached hydrogen (secondary N) is 1. The van der Waals surface area contributed by atoms with Crippen molar-refractivity contribution in [2.24, 2.45) is 5.92 Å². The van der Waals surface area contributed by atoms with Crippen molar-refractivity contribution < 1.29 is 0 Å². The number of piperidine rings is 1. The van der Waals surface area contributed by atoms with E-state index >= 15 is 0 Å². The van der Waals surface area contributed by atoms with E-state index in [4.69, 9.17) is 0 Å². The van der Waals surface area contributed by atoms with Gasteiger partial charge in [0.2, 0.25) is 0 Å². The summed E-state index contributed by atoms with van der Waals surface area (Å²) in [4.78, 5) is 2.67. The third-order valence-electron chi connectivity index (χ3n) is 4.14. The Morgan fingerprint density at radius 3 is 2.64 bits per heavy atom. The van der Waals surface area contributed by atoms with Gasteiger partial charge >= 0.3 is 0 Å². The fraction of sp³-hybridized carbons (Fsp3) is 1.00. The molecule has 0 aliphatic carbocycles. The first-order valence-electron chi connectivity index (χ1n) is 6.25. The van der Waals surface area contributed by atoms with Gasteiger partial charge < -0.3 is 5.32 Å². The predicted octanol–water partition coefficient (Wildman–Crippen LogP) is 1.86. The molecule has 2 heteroatoms. The van der Waals surface area contributed by atoms with E-state index in [0.717, 1.165) is 18.0 Å². The maximum absolute atomic E-state index is 3.64. The van der Waals surface area contributed by atoms with Crippen LogP contribution in [0.5, 0.6) is 0 Å². The molecule has 3 atom stereocenters. The smallest absolute Gasteiger partial charge is 0.0195 e. The zero-order valence-electron chi connectivity index (χ0n) is 9.63. The zero-order valence-corrected chi connectivity index (χ0v) is 9.63. The molecule has 0 bridgehead atoms. The van der Waals surface area contributed by atoms with Gasteiger partial charge in [0.1, 0.15) is 0 Å². The second-order valence-electron chi connectivity index (χ2n) is 5.15. The SMILES string of the molecule is CC1CCN(C[C@@H]2CCCCN2)C1C. The summed E-state index contributed by atoms with van der Waals surface area (Å²) in [7, 11) is 0. The minimum Gasteiger partial charge on any atom is -0.313 e. The molecule has 82 valence electrons. The molecule has 0 saturated carbocycles. The van der Waals surface area contributed by atoms with Gasteiger partial charge in [0.15, 0.2) is 0 Å². The maximum Gasteiger partial charge on any atom is 0.0195 e. The lowest BCUT2D eigenvalue weighted by Gasteiger charge is -2.31. The molecule has 2 nitrogen and oxygen atoms in total. The van der Waals surface area contributed by atoms with Gasteiger partial charge in [-0.15, -0.1) is 0 Å². The average molecular weight is 196 g/mol. The highest BCUT2D eigenvalue weighted by Crippen LogP contribution is 2.24. The van der Waals surface area contributed by atoms with Gasteiger partial charge in [-0.3, -0.25) is 4.90 Å². The standard InChI is InChI=1S/C12H24N2/c1-10-6-8-14(11(10)2)9-12-5-3-4-7-13-12/h10-13H,3-9H2,1-2H3/t10?,11?,12-/m0/s1. The highest BCUT2D eigenvalue weighted by molar-refractivity contribution is 4.85. The largest absolute Gasteiger partial charge is 0.313 e. The summed E-state index contributed by atoms with van der Waals surface area (Å²) in [6.07, 6.45) is 5.59. The Kier molecular flexibility index (Phi) is 3.45. The molecule has 2 aliphatic heterocycles. The van der Waals surface area contributed by atoms with Gasteiger partial charge in [0, 0.05) is 18.6 Å². The van der Waals surface area contributed by atoms with Crippen molar-refractivity contribution in [3.63, 3.8) is 0 Å². The highest BCUT2D eigenvalue weighted by Gasteiger charge is 2.29. The van der Waals surface area contributed by atoms with Crippen molar-refractivity contribution in [3.05, 3.63) is 0 Å². The molecule has 14 heavy (non-hydrogen) atoms. The molecular weight excluding hydrogens is 172 g/mol. The Hall–Kier alpha value is -0.0800. The number of rotatable bonds is 2. The third-order valence-corrected chi connectivity index (χ3v) is 4.14. The van der Waals surface area contributed by atoms with E-state index < -0.39 is 0 Å². The summed E-state index contributed by atoms with van der Waals surface area (Å²) in [6.45, 7) is 8.62. The van der Waals surface area contributed by atoms with Crippen LogP contribution >= 0.6 is 0 Å². The summed E-state index contributed by atoms with van der Waals surface area (Å²) < 4.78 is 0. The van der Waals surface area contributed by atoms with Crippen molar-refractivity contribution in [2.45, 2.75) is 51.6 Å². The van der Waals surface area contributed by atoms with Crippen LogP contribution in [0.3, 0.4) is 0 Å². The molecule has 0 radical (unpaired) electrons. The lowest BCUT2D eigenvalue weighted by atomic mass is 10.0. The first-order valence-corrected chi connectivity index (χ1v) is 6.25. The molecule has 2 rings (SSSR count). The van der Waals surface area contributed by atoms with Crippen LogP contribution in [0.25, 0.3) is 0 Å². The summed E-state index contributed by atoms with van der Waals surface area (Å²) in [5, 5.41) is 3.64. The van der Waals surface area contributed by atoms with Gasteiger partial charge in [-0.1, -0.05) is 13.3 Å². The van der Waals surface area contributed by atoms with E-state index in [1.54, 1.807) is 0 Å². The minimum absolute atomic E-state index is 0.775. The van der Waals surface area contributed by atoms with Gasteiger partial charge in [-0.25, -0.2) is 0 Å². The Morgan fingerprint density at radius 1 is 1.21 bits per heavy atom. The monoisotopic (exact) mass is 196 g/mol. The van der Waals surface area contributed by atoms with Gasteiger partial charge in [0.05, 0.1) is 0 Å². The molecule has 2 heterocycles. The highest BCUT2D eigenvalue weighted by atomic mass is 15.2. The van der Waals surface area contributed by atoms with Crippen LogP contribution < -0.4 is 5.32 Å². The van der Waals surface area contributed by atoms with Crippen molar-refractivity contribution in [2.75, 3.05) is 19.6 Å². The van der Waals surface area contributed by atoms with E-state index in [-0.39, 0.29) is 0 Å². The minimum atomic E-state index is 0.775. The molecule has 0 aromatic carbocycles. The van der Waals surface area contributed by atoms with Crippen LogP contribution in [-0.2, 0) is 0 Å². The second kappa shape index (κ2) is 4.63. The number of likely N-dealkylation sites (tertiary alicyclic amines) is 1. The third kappa shape index (κ3) is 2.29. The van der Waals surface area contributed by atoms with Crippen LogP contribution in [0.4, 0.5) is 0 Å². The van der Waals surface area contributed by atoms with Crippen LogP contribution in [0.15, 0.2) is 0 Å². The fourth-order valence-electron chi connectivity index (χ4n) is 2.79. The number of hydrogen-bond donors (Lipinski definition) is 1. The molecule has 2 unspecified atom stereocenters. The lowest BCUT2D eigenvalue weighted by Crippen LogP contribution is -2.45. The normalized spacial score (nSPS) is 40.3. The molecule has 0 amide bonds. The summed E-state index contributed by atoms with van der Waals surface area (Å²) >= 11 is 0. The molecule has 0 aromatic rings. The Morgan fingerprint density at radius 2 is 2.07 bits per heavy atom. The van der Waals surface area contributed by atoms with Gasteiger partial charge in [0.25, 0.3) is 0 Å². The van der Waals surface area contributed by atoms with Crippen LogP contribution in [0.1, 0.15) is 39.5 Å². The van der Waals surface area contributed by atoms with Crippen molar-refractivity contribution in [1.82, 2.24) is 10.2 Å². The molecule has 0 spiro atoms. The van der Waals surface area contributed by atoms with E-state index in [9.17, 15) is 0 Å². The topological polar surface area (TPSA) is 15.3 Å². The average Bonchev–Trinajstić information content (AvgIpc) is 2.52. The van der Waals surface area contributed by atoms with Crippen LogP contribution in [0, 0.1) is 5.92 Å². The number of hydrogen-bond acceptors (Lipinski definition) is 2. The van der Waals surface area contributed by atoms with E-state index in [0.29, 0.717) is 0 Å². The lowest BCUT2D eigenvalue weighted by molar-refractivity contribution is 0.206. The molecule has 2 fully saturated rings. The second-order valence-corrected chi connectivity index (χ2v) is 5.15. The summed E-state index contributed by atoms with van der Waals surface area (Å²) in [6, 6.07) is 1.58. The van der Waals surface area contributed by atoms with Crippen LogP contribution in [0.2, 0.25) is 0 Å². The summed E-state index contributed by atoms with van der Waals surface area (Å²) in [5.74, 6) is 0.901. The molecule has 2 aliphatic rings. The molecule has 0 aromatic heterocycles. The molecular formula is C12H24N2. The van der Waals surface area contributed by atoms with E-state index in [1.807, 2.05) is 0 Å². The van der Waals surface area contributed by atoms with Crippen molar-refractivity contribution in [3.8, 4) is 0 Å². The maximum atomic E-state index is 3.64. The quantitative estimate of drug-likeness (QED) is 0.725. The van der Waals surface area contributed by atoms with Gasteiger partial charge in [-0.05, 0) is 45.2 Å². The number of nitrogens with zero attached hydrogens (tertiary/aromatic N) is 1. The van der Waals surface area contributed by atoms with Crippen molar-refractivity contribution in [1.29, 1.82) is 0 Å². The van der Waals surface area contributed by atoms with Crippen molar-refractivity contribution >= 4 is 0 Å². The first-order chi connectivity index (χ1) is 6.77. The molecule has 2 saturated heterocycles. The zero-order chi connectivity index (χ0) is 9.97. The Balaban J connectivity index is 1.79. The van der Waals surface area contributed by atoms with E-state index in [2.05, 4.69) is 24.1 Å². The Labute approximate surface area is 88.1 Å². The Bertz CT molecular complexity index is 175. The fourth-order valence-corrected chi connectivity index (χ4v) is 2.79. The summed E-state index contributed by atoms with van der Waals surface area (Å²) in [5.41, 5.74) is 0.